The van der Waals surface area contributed by atoms with Crippen molar-refractivity contribution in [2.45, 2.75) is 89.6 Å². The molecule has 3 N–H and O–H groups in total. The number of aliphatic hydroxyl groups excluding tert-OH is 1. The molecule has 0 amide bonds. The van der Waals surface area contributed by atoms with E-state index in [9.17, 15) is 60.2 Å². The predicted octanol–water partition coefficient (Wildman–Crippen LogP) is 0.746. The van der Waals surface area contributed by atoms with Crippen molar-refractivity contribution >= 4 is 24.7 Å². The lowest BCUT2D eigenvalue weighted by Gasteiger charge is -2.16. The van der Waals surface area contributed by atoms with Gasteiger partial charge in [-0.1, -0.05) is 30.6 Å². The number of ether oxygens (including phenoxy) is 6. The smallest absolute Gasteiger partial charge is 0.460 e. The van der Waals surface area contributed by atoms with Crippen LogP contribution in [0.2, 0.25) is 0 Å². The fraction of sp³-hybridized carbons (Fsp3) is 0.515. The SMILES string of the molecule is CC(=O)OC1C[C@H](n2cc(C#CCN=COC(F)(F)F)c(=O)[nH]c2=O)O[C@@H]1CO.CC[C@H]1O[C@@H](n2cc(C#CCN=COC(F)(F)F)c(=O)[nH]c2=O)CC1OC(C)=O. The van der Waals surface area contributed by atoms with Crippen molar-refractivity contribution in [1.29, 1.82) is 0 Å². The first-order valence-corrected chi connectivity index (χ1v) is 16.6. The number of aromatic amines is 2. The van der Waals surface area contributed by atoms with Gasteiger partial charge in [0.1, 0.15) is 55.0 Å². The van der Waals surface area contributed by atoms with Crippen LogP contribution in [-0.4, -0.2) is 106 Å². The summed E-state index contributed by atoms with van der Waals surface area (Å²) < 4.78 is 101. The highest BCUT2D eigenvalue weighted by molar-refractivity contribution is 5.66. The summed E-state index contributed by atoms with van der Waals surface area (Å²) in [7, 11) is 0. The Morgan fingerprint density at radius 2 is 1.19 bits per heavy atom. The summed E-state index contributed by atoms with van der Waals surface area (Å²) in [6, 6.07) is 0. The summed E-state index contributed by atoms with van der Waals surface area (Å²) in [5, 5.41) is 9.34. The van der Waals surface area contributed by atoms with Crippen LogP contribution < -0.4 is 22.5 Å². The van der Waals surface area contributed by atoms with E-state index in [0.29, 0.717) is 6.42 Å². The molecule has 4 rings (SSSR count). The third kappa shape index (κ3) is 14.7. The molecule has 316 valence electrons. The molecule has 0 spiro atoms. The molecular formula is C33H34F6N6O13. The van der Waals surface area contributed by atoms with Crippen molar-refractivity contribution in [3.63, 3.8) is 0 Å². The lowest BCUT2D eigenvalue weighted by atomic mass is 10.1. The molecular weight excluding hydrogens is 802 g/mol. The minimum absolute atomic E-state index is 0.0443. The number of aromatic nitrogens is 4. The molecule has 0 saturated carbocycles. The second kappa shape index (κ2) is 20.8. The van der Waals surface area contributed by atoms with Crippen LogP contribution in [-0.2, 0) is 38.0 Å². The molecule has 2 aromatic heterocycles. The van der Waals surface area contributed by atoms with Gasteiger partial charge in [0.15, 0.2) is 12.8 Å². The maximum Gasteiger partial charge on any atom is 0.573 e. The Labute approximate surface area is 321 Å². The van der Waals surface area contributed by atoms with Gasteiger partial charge in [0.2, 0.25) is 0 Å². The van der Waals surface area contributed by atoms with Gasteiger partial charge in [-0.05, 0) is 6.42 Å². The zero-order chi connectivity index (χ0) is 43.2. The average molecular weight is 837 g/mol. The molecule has 2 unspecified atom stereocenters. The zero-order valence-corrected chi connectivity index (χ0v) is 30.4. The van der Waals surface area contributed by atoms with E-state index in [1.54, 1.807) is 0 Å². The van der Waals surface area contributed by atoms with E-state index in [0.717, 1.165) is 15.3 Å². The quantitative estimate of drug-likeness (QED) is 0.0985. The fourth-order valence-electron chi connectivity index (χ4n) is 5.15. The lowest BCUT2D eigenvalue weighted by Crippen LogP contribution is -2.33. The first kappa shape index (κ1) is 46.2. The predicted molar refractivity (Wildman–Crippen MR) is 183 cm³/mol. The number of esters is 2. The van der Waals surface area contributed by atoms with Crippen molar-refractivity contribution in [3.05, 3.63) is 65.2 Å². The molecule has 2 fully saturated rings. The summed E-state index contributed by atoms with van der Waals surface area (Å²) in [5.41, 5.74) is -3.41. The first-order valence-electron chi connectivity index (χ1n) is 16.6. The molecule has 0 aliphatic carbocycles. The van der Waals surface area contributed by atoms with Crippen LogP contribution >= 0.6 is 0 Å². The van der Waals surface area contributed by atoms with Crippen LogP contribution in [0.3, 0.4) is 0 Å². The Hall–Kier alpha value is -6.18. The maximum absolute atomic E-state index is 12.1. The molecule has 0 bridgehead atoms. The van der Waals surface area contributed by atoms with Crippen LogP contribution in [0.1, 0.15) is 63.6 Å². The van der Waals surface area contributed by atoms with Gasteiger partial charge >= 0.3 is 36.0 Å². The van der Waals surface area contributed by atoms with E-state index < -0.39 is 97.2 Å². The van der Waals surface area contributed by atoms with Gasteiger partial charge < -0.3 is 33.5 Å². The van der Waals surface area contributed by atoms with Gasteiger partial charge in [-0.3, -0.25) is 38.3 Å². The third-order valence-corrected chi connectivity index (χ3v) is 7.44. The van der Waals surface area contributed by atoms with E-state index in [4.69, 9.17) is 18.9 Å². The molecule has 25 heteroatoms. The highest BCUT2D eigenvalue weighted by Crippen LogP contribution is 2.32. The maximum atomic E-state index is 12.1. The Balaban J connectivity index is 0.000000310. The van der Waals surface area contributed by atoms with E-state index in [2.05, 4.69) is 48.1 Å². The number of nitrogens with zero attached hydrogens (tertiary/aromatic N) is 4. The monoisotopic (exact) mass is 836 g/mol. The van der Waals surface area contributed by atoms with Crippen molar-refractivity contribution in [2.24, 2.45) is 9.98 Å². The van der Waals surface area contributed by atoms with Crippen molar-refractivity contribution in [3.8, 4) is 23.7 Å². The number of hydrogen-bond donors (Lipinski definition) is 3. The molecule has 0 aromatic carbocycles. The van der Waals surface area contributed by atoms with Crippen molar-refractivity contribution in [1.82, 2.24) is 19.1 Å². The Bertz CT molecular complexity index is 2040. The van der Waals surface area contributed by atoms with Crippen molar-refractivity contribution < 1.29 is 69.5 Å². The van der Waals surface area contributed by atoms with Crippen molar-refractivity contribution in [2.75, 3.05) is 19.7 Å². The van der Waals surface area contributed by atoms with E-state index in [-0.39, 0.29) is 43.3 Å². The molecule has 2 aliphatic heterocycles. The number of aliphatic imine (C=N–C) groups is 2. The Morgan fingerprint density at radius 1 is 0.793 bits per heavy atom. The number of hydrogen-bond acceptors (Lipinski definition) is 15. The van der Waals surface area contributed by atoms with Gasteiger partial charge in [0.05, 0.1) is 12.7 Å². The summed E-state index contributed by atoms with van der Waals surface area (Å²) in [4.78, 5) is 81.0. The number of nitrogens with one attached hydrogen (secondary N) is 2. The normalized spacial score (nSPS) is 21.6. The highest BCUT2D eigenvalue weighted by Gasteiger charge is 2.39. The molecule has 19 nitrogen and oxygen atoms in total. The molecule has 2 aromatic rings. The minimum Gasteiger partial charge on any atom is -0.460 e. The number of carbonyl (C=O) groups excluding carboxylic acids is 2. The van der Waals surface area contributed by atoms with Gasteiger partial charge in [-0.25, -0.2) is 19.6 Å². The molecule has 6 atom stereocenters. The number of H-pyrrole nitrogens is 2. The second-order valence-corrected chi connectivity index (χ2v) is 11.7. The van der Waals surface area contributed by atoms with E-state index in [1.807, 2.05) is 11.9 Å². The second-order valence-electron chi connectivity index (χ2n) is 11.7. The summed E-state index contributed by atoms with van der Waals surface area (Å²) >= 11 is 0. The van der Waals surface area contributed by atoms with Crippen LogP contribution in [0.25, 0.3) is 0 Å². The first-order chi connectivity index (χ1) is 27.2. The standard InChI is InChI=1S/C17H18F3N3O6.C16H16F3N3O7/c1-3-12-13(28-10(2)24)7-14(29-12)23-8-11(15(25)22-16(23)26)5-4-6-21-9-27-17(18,19)20;1-9(24)28-11-5-13(29-12(11)7-23)22-6-10(14(25)21-15(22)26)3-2-4-20-8-27-16(17,18)19/h8-9,12-14H,3,6-7H2,1-2H3,(H,22,25,26);6,8,11-13,23H,4-5,7H2,1H3,(H,21,25,26)/t12-,13?,14-;11?,12-,13-/m11/s1. The summed E-state index contributed by atoms with van der Waals surface area (Å²) in [5.74, 6) is 8.45. The van der Waals surface area contributed by atoms with Crippen LogP contribution in [0, 0.1) is 23.7 Å². The molecule has 2 aliphatic rings. The molecule has 2 saturated heterocycles. The number of rotatable bonds is 10. The van der Waals surface area contributed by atoms with Gasteiger partial charge in [-0.15, -0.1) is 26.3 Å². The number of carbonyl (C=O) groups is 2. The van der Waals surface area contributed by atoms with Crippen LogP contribution in [0.4, 0.5) is 26.3 Å². The average Bonchev–Trinajstić information content (AvgIpc) is 3.71. The molecule has 4 heterocycles. The van der Waals surface area contributed by atoms with E-state index in [1.165, 1.54) is 20.0 Å². The molecule has 58 heavy (non-hydrogen) atoms. The number of halogens is 6. The lowest BCUT2D eigenvalue weighted by molar-refractivity contribution is -0.281. The summed E-state index contributed by atoms with van der Waals surface area (Å²) in [6.45, 7) is 3.07. The highest BCUT2D eigenvalue weighted by atomic mass is 19.4. The van der Waals surface area contributed by atoms with E-state index >= 15 is 0 Å². The number of alkyl halides is 6. The van der Waals surface area contributed by atoms with Crippen LogP contribution in [0.15, 0.2) is 41.6 Å². The topological polar surface area (TPSA) is 244 Å². The third-order valence-electron chi connectivity index (χ3n) is 7.44. The van der Waals surface area contributed by atoms with Gasteiger partial charge in [0, 0.05) is 39.1 Å². The van der Waals surface area contributed by atoms with Gasteiger partial charge in [-0.2, -0.15) is 0 Å². The fourth-order valence-corrected chi connectivity index (χ4v) is 5.15. The Kier molecular flexibility index (Phi) is 16.6. The zero-order valence-electron chi connectivity index (χ0n) is 30.4. The number of aliphatic hydroxyl groups is 1. The summed E-state index contributed by atoms with van der Waals surface area (Å²) in [6.07, 6.45) is -10.6. The Morgan fingerprint density at radius 3 is 1.55 bits per heavy atom. The van der Waals surface area contributed by atoms with Crippen LogP contribution in [0.5, 0.6) is 0 Å². The van der Waals surface area contributed by atoms with Gasteiger partial charge in [0.25, 0.3) is 11.1 Å². The largest absolute Gasteiger partial charge is 0.573 e. The molecule has 0 radical (unpaired) electrons. The minimum atomic E-state index is -4.86.